The Bertz CT molecular complexity index is 834. The van der Waals surface area contributed by atoms with Gasteiger partial charge in [-0.25, -0.2) is 13.1 Å². The standard InChI is InChI=1S/C19H23ClN2O3S/c1-3-14(2)22-26(24,25)18-10-6-16(7-11-18)19(23)21-13-12-15-4-8-17(20)9-5-15/h4-11,14,22H,3,12-13H2,1-2H3,(H,21,23)/t14-/m0/s1. The van der Waals surface area contributed by atoms with E-state index in [4.69, 9.17) is 11.6 Å². The van der Waals surface area contributed by atoms with Crippen LogP contribution in [0.25, 0.3) is 0 Å². The van der Waals surface area contributed by atoms with Crippen LogP contribution in [0.4, 0.5) is 0 Å². The van der Waals surface area contributed by atoms with Crippen LogP contribution in [0.3, 0.4) is 0 Å². The number of rotatable bonds is 8. The fraction of sp³-hybridized carbons (Fsp3) is 0.316. The van der Waals surface area contributed by atoms with E-state index in [0.717, 1.165) is 5.56 Å². The lowest BCUT2D eigenvalue weighted by atomic mass is 10.1. The minimum absolute atomic E-state index is 0.143. The second-order valence-electron chi connectivity index (χ2n) is 6.09. The molecule has 2 N–H and O–H groups in total. The van der Waals surface area contributed by atoms with E-state index in [9.17, 15) is 13.2 Å². The Morgan fingerprint density at radius 3 is 2.27 bits per heavy atom. The van der Waals surface area contributed by atoms with E-state index in [-0.39, 0.29) is 16.8 Å². The van der Waals surface area contributed by atoms with E-state index in [2.05, 4.69) is 10.0 Å². The zero-order valence-corrected chi connectivity index (χ0v) is 16.4. The van der Waals surface area contributed by atoms with Crippen molar-refractivity contribution in [1.82, 2.24) is 10.0 Å². The summed E-state index contributed by atoms with van der Waals surface area (Å²) in [5.74, 6) is -0.238. The van der Waals surface area contributed by atoms with E-state index in [1.165, 1.54) is 24.3 Å². The fourth-order valence-corrected chi connectivity index (χ4v) is 3.73. The highest BCUT2D eigenvalue weighted by Crippen LogP contribution is 2.12. The Kier molecular flexibility index (Phi) is 7.20. The van der Waals surface area contributed by atoms with Gasteiger partial charge >= 0.3 is 0 Å². The van der Waals surface area contributed by atoms with E-state index in [0.29, 0.717) is 30.0 Å². The van der Waals surface area contributed by atoms with Crippen LogP contribution < -0.4 is 10.0 Å². The summed E-state index contributed by atoms with van der Waals surface area (Å²) in [7, 11) is -3.56. The molecule has 2 aromatic rings. The summed E-state index contributed by atoms with van der Waals surface area (Å²) in [5.41, 5.74) is 1.50. The van der Waals surface area contributed by atoms with Crippen molar-refractivity contribution >= 4 is 27.5 Å². The zero-order chi connectivity index (χ0) is 19.2. The van der Waals surface area contributed by atoms with Crippen LogP contribution >= 0.6 is 11.6 Å². The van der Waals surface area contributed by atoms with Crippen LogP contribution in [0.2, 0.25) is 5.02 Å². The van der Waals surface area contributed by atoms with Crippen LogP contribution in [-0.4, -0.2) is 26.9 Å². The maximum Gasteiger partial charge on any atom is 0.251 e. The SMILES string of the molecule is CC[C@H](C)NS(=O)(=O)c1ccc(C(=O)NCCc2ccc(Cl)cc2)cc1. The van der Waals surface area contributed by atoms with Gasteiger partial charge in [0.2, 0.25) is 10.0 Å². The number of carbonyl (C=O) groups excluding carboxylic acids is 1. The highest BCUT2D eigenvalue weighted by molar-refractivity contribution is 7.89. The van der Waals surface area contributed by atoms with Gasteiger partial charge in [-0.15, -0.1) is 0 Å². The van der Waals surface area contributed by atoms with Crippen molar-refractivity contribution in [2.24, 2.45) is 0 Å². The Labute approximate surface area is 159 Å². The lowest BCUT2D eigenvalue weighted by Crippen LogP contribution is -2.32. The molecule has 0 aromatic heterocycles. The lowest BCUT2D eigenvalue weighted by molar-refractivity contribution is 0.0954. The second-order valence-corrected chi connectivity index (χ2v) is 8.24. The quantitative estimate of drug-likeness (QED) is 0.720. The van der Waals surface area contributed by atoms with Gasteiger partial charge in [0.25, 0.3) is 5.91 Å². The molecule has 140 valence electrons. The number of nitrogens with one attached hydrogen (secondary N) is 2. The minimum Gasteiger partial charge on any atom is -0.352 e. The molecule has 7 heteroatoms. The van der Waals surface area contributed by atoms with E-state index in [1.807, 2.05) is 31.2 Å². The fourth-order valence-electron chi connectivity index (χ4n) is 2.28. The van der Waals surface area contributed by atoms with Crippen molar-refractivity contribution < 1.29 is 13.2 Å². The zero-order valence-electron chi connectivity index (χ0n) is 14.8. The molecule has 0 radical (unpaired) electrons. The van der Waals surface area contributed by atoms with Gasteiger partial charge in [-0.05, 0) is 61.7 Å². The summed E-state index contributed by atoms with van der Waals surface area (Å²) in [6.07, 6.45) is 1.39. The average Bonchev–Trinajstić information content (AvgIpc) is 2.63. The number of sulfonamides is 1. The van der Waals surface area contributed by atoms with Crippen LogP contribution in [0.1, 0.15) is 36.2 Å². The number of carbonyl (C=O) groups is 1. The van der Waals surface area contributed by atoms with Crippen LogP contribution in [0, 0.1) is 0 Å². The first-order valence-corrected chi connectivity index (χ1v) is 10.3. The van der Waals surface area contributed by atoms with E-state index < -0.39 is 10.0 Å². The van der Waals surface area contributed by atoms with Gasteiger partial charge in [0.15, 0.2) is 0 Å². The normalized spacial score (nSPS) is 12.6. The van der Waals surface area contributed by atoms with Crippen molar-refractivity contribution in [3.63, 3.8) is 0 Å². The molecule has 0 heterocycles. The maximum absolute atomic E-state index is 12.2. The highest BCUT2D eigenvalue weighted by Gasteiger charge is 2.17. The predicted molar refractivity (Wildman–Crippen MR) is 104 cm³/mol. The van der Waals surface area contributed by atoms with Crippen molar-refractivity contribution in [1.29, 1.82) is 0 Å². The molecule has 2 rings (SSSR count). The van der Waals surface area contributed by atoms with Crippen molar-refractivity contribution in [3.05, 3.63) is 64.7 Å². The topological polar surface area (TPSA) is 75.3 Å². The predicted octanol–water partition coefficient (Wildman–Crippen LogP) is 3.39. The third-order valence-corrected chi connectivity index (χ3v) is 5.87. The maximum atomic E-state index is 12.2. The number of hydrogen-bond donors (Lipinski definition) is 2. The third kappa shape index (κ3) is 5.83. The van der Waals surface area contributed by atoms with Gasteiger partial charge in [0.05, 0.1) is 4.90 Å². The van der Waals surface area contributed by atoms with Crippen LogP contribution in [0.15, 0.2) is 53.4 Å². The average molecular weight is 395 g/mol. The first-order valence-electron chi connectivity index (χ1n) is 8.47. The molecule has 0 aliphatic carbocycles. The molecule has 26 heavy (non-hydrogen) atoms. The molecule has 0 fully saturated rings. The van der Waals surface area contributed by atoms with Crippen LogP contribution in [-0.2, 0) is 16.4 Å². The van der Waals surface area contributed by atoms with Gasteiger partial charge in [-0.1, -0.05) is 30.7 Å². The second kappa shape index (κ2) is 9.16. The van der Waals surface area contributed by atoms with E-state index >= 15 is 0 Å². The first kappa shape index (κ1) is 20.4. The van der Waals surface area contributed by atoms with Gasteiger partial charge in [0.1, 0.15) is 0 Å². The smallest absolute Gasteiger partial charge is 0.251 e. The van der Waals surface area contributed by atoms with Gasteiger partial charge in [-0.2, -0.15) is 0 Å². The number of benzene rings is 2. The molecule has 0 bridgehead atoms. The number of hydrogen-bond acceptors (Lipinski definition) is 3. The Morgan fingerprint density at radius 1 is 1.08 bits per heavy atom. The van der Waals surface area contributed by atoms with Gasteiger partial charge in [-0.3, -0.25) is 4.79 Å². The molecular weight excluding hydrogens is 372 g/mol. The molecule has 0 saturated heterocycles. The van der Waals surface area contributed by atoms with Crippen LogP contribution in [0.5, 0.6) is 0 Å². The molecule has 5 nitrogen and oxygen atoms in total. The molecule has 2 aromatic carbocycles. The molecule has 1 amide bonds. The van der Waals surface area contributed by atoms with Gasteiger partial charge < -0.3 is 5.32 Å². The Balaban J connectivity index is 1.92. The summed E-state index contributed by atoms with van der Waals surface area (Å²) in [6.45, 7) is 4.20. The molecule has 0 aliphatic heterocycles. The van der Waals surface area contributed by atoms with Crippen molar-refractivity contribution in [2.75, 3.05) is 6.54 Å². The molecule has 0 saturated carbocycles. The summed E-state index contributed by atoms with van der Waals surface area (Å²) >= 11 is 5.84. The highest BCUT2D eigenvalue weighted by atomic mass is 35.5. The molecule has 0 unspecified atom stereocenters. The summed E-state index contributed by atoms with van der Waals surface area (Å²) in [5, 5.41) is 3.50. The number of halogens is 1. The minimum atomic E-state index is -3.56. The molecule has 0 spiro atoms. The molecule has 1 atom stereocenters. The van der Waals surface area contributed by atoms with Crippen molar-refractivity contribution in [2.45, 2.75) is 37.6 Å². The summed E-state index contributed by atoms with van der Waals surface area (Å²) in [6, 6.07) is 13.2. The largest absolute Gasteiger partial charge is 0.352 e. The Hall–Kier alpha value is -1.89. The first-order chi connectivity index (χ1) is 12.3. The Morgan fingerprint density at radius 2 is 1.69 bits per heavy atom. The summed E-state index contributed by atoms with van der Waals surface area (Å²) < 4.78 is 27.0. The third-order valence-electron chi connectivity index (χ3n) is 4.01. The number of amides is 1. The summed E-state index contributed by atoms with van der Waals surface area (Å²) in [4.78, 5) is 12.3. The van der Waals surface area contributed by atoms with Crippen molar-refractivity contribution in [3.8, 4) is 0 Å². The lowest BCUT2D eigenvalue weighted by Gasteiger charge is -2.12. The van der Waals surface area contributed by atoms with E-state index in [1.54, 1.807) is 6.92 Å². The molecular formula is C19H23ClN2O3S. The monoisotopic (exact) mass is 394 g/mol. The molecule has 0 aliphatic rings. The van der Waals surface area contributed by atoms with Gasteiger partial charge in [0, 0.05) is 23.2 Å².